The van der Waals surface area contributed by atoms with Crippen molar-refractivity contribution in [1.82, 2.24) is 29.4 Å². The van der Waals surface area contributed by atoms with E-state index in [-0.39, 0.29) is 64.9 Å². The van der Waals surface area contributed by atoms with Crippen molar-refractivity contribution >= 4 is 226 Å². The van der Waals surface area contributed by atoms with Gasteiger partial charge >= 0.3 is 0 Å². The maximum Gasteiger partial charge on any atom is 0.266 e. The number of carbonyl (C=O) groups is 6. The summed E-state index contributed by atoms with van der Waals surface area (Å²) < 4.78 is 9.34. The molecule has 2 saturated heterocycles. The van der Waals surface area contributed by atoms with E-state index in [1.54, 1.807) is 100 Å². The second-order valence-electron chi connectivity index (χ2n) is 38.0. The molecule has 6 aliphatic heterocycles. The van der Waals surface area contributed by atoms with Gasteiger partial charge in [-0.3, -0.25) is 38.6 Å². The first-order valence-electron chi connectivity index (χ1n) is 51.7. The largest absolute Gasteiger partial charge is 0.543 e. The van der Waals surface area contributed by atoms with Gasteiger partial charge in [-0.2, -0.15) is 0 Å². The lowest BCUT2D eigenvalue weighted by Crippen LogP contribution is -2.41. The number of phenolic OH excluding ortho intramolecular Hbond substituents is 1. The molecule has 6 aliphatic rings. The molecule has 15 rings (SSSR count). The number of likely N-dealkylation sites (N-methyl/N-ethyl adjacent to an activating group) is 2. The van der Waals surface area contributed by atoms with Crippen molar-refractivity contribution in [3.8, 4) is 71.4 Å². The number of thiophene rings is 8. The molecular weight excluding hydrogens is 1970 g/mol. The van der Waals surface area contributed by atoms with E-state index in [0.29, 0.717) is 108 Å². The highest BCUT2D eigenvalue weighted by Gasteiger charge is 2.53. The molecule has 8 aromatic heterocycles. The third kappa shape index (κ3) is 23.7. The Morgan fingerprint density at radius 2 is 0.576 bits per heavy atom. The third-order valence-corrected chi connectivity index (χ3v) is 45.1. The predicted molar refractivity (Wildman–Crippen MR) is 609 cm³/mol. The summed E-state index contributed by atoms with van der Waals surface area (Å²) in [6.45, 7) is 31.6. The van der Waals surface area contributed by atoms with Gasteiger partial charge in [0, 0.05) is 109 Å². The van der Waals surface area contributed by atoms with Gasteiger partial charge < -0.3 is 29.1 Å². The highest BCUT2D eigenvalue weighted by Crippen LogP contribution is 2.57. The van der Waals surface area contributed by atoms with Gasteiger partial charge in [0.25, 0.3) is 43.8 Å². The van der Waals surface area contributed by atoms with E-state index in [1.165, 1.54) is 42.8 Å². The Kier molecular flexibility index (Phi) is 37.8. The molecule has 1 N–H and O–H groups in total. The van der Waals surface area contributed by atoms with Crippen molar-refractivity contribution in [2.75, 3.05) is 39.3 Å². The molecule has 14 heterocycles. The summed E-state index contributed by atoms with van der Waals surface area (Å²) in [6.07, 6.45) is 33.5. The van der Waals surface area contributed by atoms with Crippen LogP contribution in [0.2, 0.25) is 18.1 Å². The predicted octanol–water partition coefficient (Wildman–Crippen LogP) is 33.9. The molecule has 1 aromatic carbocycles. The smallest absolute Gasteiger partial charge is 0.266 e. The number of nitrogens with zero attached hydrogens (tertiary/aromatic N) is 6. The highest BCUT2D eigenvalue weighted by molar-refractivity contribution is 8.27. The molecule has 27 heteroatoms. The number of carbonyl (C=O) groups excluding carboxylic acids is 6. The van der Waals surface area contributed by atoms with E-state index in [2.05, 4.69) is 179 Å². The molecule has 0 spiro atoms. The number of fused-ring (bicyclic) bond motifs is 2. The standard InChI is InChI=1S/C112H138N6O8S12Si/c1-14-27-34-37-60-139(61-38-35-28-15-2,62-39-36-29-16-3)126-80-66-77(81-48-50-87(131-81)89-54-58-93(135-89)103-99-97(107(122)117(103)69-73(23-10)42-32-19-6)101(115(109(99)124)67-71(21-8)40-30-17-4)91-56-52-85(133-91)83-46-44-75(129-83)63-95-105(120)113(25-12)111(127)137-95)79(119)65-78(80)82-49-51-88(132-82)90-55-59-94(136-90)104-100-98(108(123)118(104)70-74(24-11)43-33-20-7)102(116(110(100)125)68-72(22-9)41-31-18-5)92-57-53-86(134-92)84-47-45-76(130-84)64-96-106(121)114(26-13)112(128)138-96/h44-59,63-66,71-74,119H,14-43,60-62,67-70H2,1-13H3/b95-63-,96-64-. The monoisotopic (exact) mass is 2110 g/mol. The van der Waals surface area contributed by atoms with Crippen LogP contribution in [-0.4, -0.2) is 126 Å². The van der Waals surface area contributed by atoms with E-state index < -0.39 is 8.32 Å². The molecule has 0 saturated carbocycles. The normalized spacial score (nSPS) is 17.0. The number of hydrogen-bond donors (Lipinski definition) is 1. The lowest BCUT2D eigenvalue weighted by molar-refractivity contribution is -0.124. The second-order valence-corrected chi connectivity index (χ2v) is 54.2. The molecule has 740 valence electrons. The van der Waals surface area contributed by atoms with E-state index in [0.717, 1.165) is 268 Å². The summed E-state index contributed by atoms with van der Waals surface area (Å²) in [5, 5.41) is 13.1. The Morgan fingerprint density at radius 3 is 0.856 bits per heavy atom. The summed E-state index contributed by atoms with van der Waals surface area (Å²) in [4.78, 5) is 119. The van der Waals surface area contributed by atoms with Crippen molar-refractivity contribution in [2.45, 2.75) is 288 Å². The van der Waals surface area contributed by atoms with E-state index in [9.17, 15) is 14.7 Å². The first kappa shape index (κ1) is 106. The maximum atomic E-state index is 16.2. The minimum Gasteiger partial charge on any atom is -0.543 e. The molecule has 4 unspecified atom stereocenters. The average molecular weight is 2110 g/mol. The Labute approximate surface area is 878 Å². The van der Waals surface area contributed by atoms with Gasteiger partial charge in [-0.1, -0.05) is 278 Å². The Bertz CT molecular complexity index is 6110. The molecule has 9 aromatic rings. The number of thioether (sulfide) groups is 2. The molecule has 139 heavy (non-hydrogen) atoms. The molecule has 0 aliphatic carbocycles. The quantitative estimate of drug-likeness (QED) is 0.0167. The van der Waals surface area contributed by atoms with Gasteiger partial charge in [-0.05, 0) is 203 Å². The number of thiocarbonyl (C=S) groups is 2. The van der Waals surface area contributed by atoms with Gasteiger partial charge in [0.1, 0.15) is 20.1 Å². The molecule has 2 fully saturated rings. The van der Waals surface area contributed by atoms with E-state index >= 15 is 19.2 Å². The molecule has 4 atom stereocenters. The lowest BCUT2D eigenvalue weighted by Gasteiger charge is -2.34. The van der Waals surface area contributed by atoms with Crippen molar-refractivity contribution in [1.29, 1.82) is 0 Å². The van der Waals surface area contributed by atoms with Crippen LogP contribution in [0.4, 0.5) is 0 Å². The van der Waals surface area contributed by atoms with Crippen LogP contribution >= 0.6 is 139 Å². The van der Waals surface area contributed by atoms with E-state index in [4.69, 9.17) is 28.9 Å². The van der Waals surface area contributed by atoms with Crippen LogP contribution in [0.1, 0.15) is 299 Å². The Hall–Kier alpha value is -7.22. The number of unbranched alkanes of at least 4 members (excludes halogenated alkanes) is 13. The number of hydrogen-bond acceptors (Lipinski definition) is 20. The molecule has 6 amide bonds. The van der Waals surface area contributed by atoms with Crippen molar-refractivity contribution < 1.29 is 38.3 Å². The Balaban J connectivity index is 0.810. The molecule has 0 bridgehead atoms. The zero-order valence-electron chi connectivity index (χ0n) is 83.4. The van der Waals surface area contributed by atoms with Crippen LogP contribution in [-0.2, 0) is 28.8 Å². The van der Waals surface area contributed by atoms with E-state index in [1.807, 2.05) is 51.7 Å². The van der Waals surface area contributed by atoms with Crippen molar-refractivity contribution in [3.05, 3.63) is 171 Å². The van der Waals surface area contributed by atoms with Crippen LogP contribution in [0.3, 0.4) is 0 Å². The summed E-state index contributed by atoms with van der Waals surface area (Å²) in [5.41, 5.74) is 6.37. The molecule has 14 nitrogen and oxygen atoms in total. The number of rotatable bonds is 55. The summed E-state index contributed by atoms with van der Waals surface area (Å²) in [6, 6.07) is 41.4. The minimum atomic E-state index is -2.59. The first-order valence-corrected chi connectivity index (χ1v) is 63.2. The average Bonchev–Trinajstić information content (AvgIpc) is 1.55. The topological polar surface area (TPSA) is 151 Å². The summed E-state index contributed by atoms with van der Waals surface area (Å²) in [7, 11) is -2.59. The van der Waals surface area contributed by atoms with Gasteiger partial charge in [0.2, 0.25) is 0 Å². The van der Waals surface area contributed by atoms with Crippen LogP contribution in [0.15, 0.2) is 141 Å². The van der Waals surface area contributed by atoms with Gasteiger partial charge in [-0.25, -0.2) is 0 Å². The molecule has 0 radical (unpaired) electrons. The number of aromatic hydroxyl groups is 1. The Morgan fingerprint density at radius 1 is 0.309 bits per heavy atom. The fourth-order valence-electron chi connectivity index (χ4n) is 20.2. The second kappa shape index (κ2) is 49.6. The first-order chi connectivity index (χ1) is 67.5. The van der Waals surface area contributed by atoms with Crippen molar-refractivity contribution in [2.24, 2.45) is 23.7 Å². The van der Waals surface area contributed by atoms with Crippen LogP contribution in [0, 0.1) is 23.7 Å². The summed E-state index contributed by atoms with van der Waals surface area (Å²) in [5.74, 6) is 1.25. The van der Waals surface area contributed by atoms with Crippen LogP contribution in [0.25, 0.3) is 94.8 Å². The number of amides is 6. The lowest BCUT2D eigenvalue weighted by atomic mass is 9.98. The van der Waals surface area contributed by atoms with Gasteiger partial charge in [0.15, 0.2) is 0 Å². The fourth-order valence-corrected chi connectivity index (χ4v) is 36.1. The fraction of sp³-hybridized carbons (Fsp3) is 0.482. The summed E-state index contributed by atoms with van der Waals surface area (Å²) >= 11 is 26.9. The third-order valence-electron chi connectivity index (χ3n) is 28.4. The van der Waals surface area contributed by atoms with Crippen LogP contribution < -0.4 is 4.43 Å². The number of benzene rings is 1. The highest BCUT2D eigenvalue weighted by atomic mass is 32.2. The number of phenols is 1. The van der Waals surface area contributed by atoms with Crippen molar-refractivity contribution in [3.63, 3.8) is 0 Å². The maximum absolute atomic E-state index is 16.2. The zero-order chi connectivity index (χ0) is 98.3. The van der Waals surface area contributed by atoms with Crippen LogP contribution in [0.5, 0.6) is 11.5 Å². The minimum absolute atomic E-state index is 0.0682. The SMILES string of the molecule is CCCCCC[Si](CCCCCC)(CCCCCC)Oc1cc(-c2ccc(-c3ccc(C4=C5C(=O)N(CC(CC)CCCC)C(c6ccc(-c7ccc(/C=C8\SC(=S)N(CC)C8=O)s7)s6)=C5C(=O)N4CC(CC)CCCC)s3)s2)c(O)cc1-c1ccc(-c2ccc(C3=C4C(=O)N(CC(CC)CCCC)C(c5ccc(-c6ccc(/C=C7\SC(=S)N(CC)C7=O)s6)s5)=C4C(=O)N3CC(CC)CCCC)s2)s1. The van der Waals surface area contributed by atoms with Gasteiger partial charge in [0.05, 0.1) is 74.4 Å². The molecular formula is C112H138N6O8S12Si. The zero-order valence-corrected chi connectivity index (χ0v) is 94.2. The van der Waals surface area contributed by atoms with Gasteiger partial charge in [-0.15, -0.1) is 90.7 Å².